The highest BCUT2D eigenvalue weighted by Crippen LogP contribution is 2.18. The van der Waals surface area contributed by atoms with Crippen LogP contribution in [0.2, 0.25) is 0 Å². The average molecular weight is 366 g/mol. The first-order chi connectivity index (χ1) is 12.1. The number of anilines is 1. The maximum atomic E-state index is 12.2. The third-order valence-electron chi connectivity index (χ3n) is 4.34. The fourth-order valence-electron chi connectivity index (χ4n) is 2.90. The maximum Gasteiger partial charge on any atom is 0.410 e. The number of carbonyl (C=O) groups excluding carboxylic acids is 2. The Labute approximate surface area is 154 Å². The number of aryl methyl sites for hydroxylation is 1. The lowest BCUT2D eigenvalue weighted by Gasteiger charge is -2.37. The molecular formula is C18H30N4O4. The van der Waals surface area contributed by atoms with E-state index in [0.717, 1.165) is 25.9 Å². The molecule has 1 fully saturated rings. The van der Waals surface area contributed by atoms with Crippen LogP contribution in [0, 0.1) is 6.92 Å². The van der Waals surface area contributed by atoms with E-state index in [-0.39, 0.29) is 18.0 Å². The highest BCUT2D eigenvalue weighted by atomic mass is 16.6. The predicted molar refractivity (Wildman–Crippen MR) is 97.9 cm³/mol. The molecule has 1 aromatic rings. The Morgan fingerprint density at radius 2 is 2.04 bits per heavy atom. The zero-order valence-electron chi connectivity index (χ0n) is 16.4. The van der Waals surface area contributed by atoms with Gasteiger partial charge in [0.2, 0.25) is 5.91 Å². The lowest BCUT2D eigenvalue weighted by Crippen LogP contribution is -2.47. The third-order valence-corrected chi connectivity index (χ3v) is 4.34. The molecule has 146 valence electrons. The van der Waals surface area contributed by atoms with E-state index in [0.29, 0.717) is 24.5 Å². The van der Waals surface area contributed by atoms with Gasteiger partial charge >= 0.3 is 6.09 Å². The van der Waals surface area contributed by atoms with Gasteiger partial charge in [0.25, 0.3) is 0 Å². The first-order valence-electron chi connectivity index (χ1n) is 9.05. The van der Waals surface area contributed by atoms with Crippen LogP contribution in [0.1, 0.15) is 45.8 Å². The molecule has 1 saturated heterocycles. The van der Waals surface area contributed by atoms with Crippen molar-refractivity contribution in [3.63, 3.8) is 0 Å². The second kappa shape index (κ2) is 8.53. The number of carbonyl (C=O) groups is 2. The lowest BCUT2D eigenvalue weighted by atomic mass is 10.0. The van der Waals surface area contributed by atoms with Crippen LogP contribution >= 0.6 is 0 Å². The van der Waals surface area contributed by atoms with Gasteiger partial charge in [0.15, 0.2) is 5.82 Å². The highest BCUT2D eigenvalue weighted by molar-refractivity contribution is 5.89. The first-order valence-corrected chi connectivity index (χ1v) is 9.05. The molecule has 0 radical (unpaired) electrons. The Balaban J connectivity index is 1.69. The van der Waals surface area contributed by atoms with Crippen LogP contribution in [0.4, 0.5) is 10.6 Å². The molecule has 1 aliphatic rings. The van der Waals surface area contributed by atoms with E-state index in [1.807, 2.05) is 20.8 Å². The van der Waals surface area contributed by atoms with E-state index in [9.17, 15) is 9.59 Å². The number of amides is 2. The normalized spacial score (nSPS) is 16.3. The number of piperidine rings is 1. The van der Waals surface area contributed by atoms with Gasteiger partial charge in [-0.15, -0.1) is 0 Å². The van der Waals surface area contributed by atoms with Crippen LogP contribution in [0.25, 0.3) is 0 Å². The molecular weight excluding hydrogens is 336 g/mol. The van der Waals surface area contributed by atoms with Gasteiger partial charge in [-0.2, -0.15) is 0 Å². The van der Waals surface area contributed by atoms with Crippen molar-refractivity contribution in [1.82, 2.24) is 15.0 Å². The quantitative estimate of drug-likeness (QED) is 0.862. The van der Waals surface area contributed by atoms with Crippen molar-refractivity contribution in [3.05, 3.63) is 11.8 Å². The Morgan fingerprint density at radius 3 is 2.58 bits per heavy atom. The minimum atomic E-state index is -0.484. The van der Waals surface area contributed by atoms with Crippen LogP contribution < -0.4 is 5.32 Å². The van der Waals surface area contributed by atoms with Gasteiger partial charge in [-0.25, -0.2) is 4.79 Å². The average Bonchev–Trinajstić information content (AvgIpc) is 2.96. The summed E-state index contributed by atoms with van der Waals surface area (Å²) in [6.45, 7) is 9.78. The number of hydrogen-bond acceptors (Lipinski definition) is 6. The summed E-state index contributed by atoms with van der Waals surface area (Å²) in [6.07, 6.45) is 1.87. The summed E-state index contributed by atoms with van der Waals surface area (Å²) in [5.74, 6) is 1.04. The second-order valence-electron chi connectivity index (χ2n) is 7.79. The van der Waals surface area contributed by atoms with E-state index in [1.54, 1.807) is 24.9 Å². The summed E-state index contributed by atoms with van der Waals surface area (Å²) in [5.41, 5.74) is -0.484. The second-order valence-corrected chi connectivity index (χ2v) is 7.79. The Kier molecular flexibility index (Phi) is 6.63. The number of aromatic nitrogens is 1. The minimum absolute atomic E-state index is 0.0775. The Bertz CT molecular complexity index is 615. The number of hydrogen-bond donors (Lipinski definition) is 1. The molecule has 26 heavy (non-hydrogen) atoms. The molecule has 0 spiro atoms. The Morgan fingerprint density at radius 1 is 1.38 bits per heavy atom. The molecule has 0 aliphatic carbocycles. The maximum absolute atomic E-state index is 12.2. The van der Waals surface area contributed by atoms with Crippen molar-refractivity contribution in [2.24, 2.45) is 0 Å². The molecule has 0 aromatic carbocycles. The zero-order valence-corrected chi connectivity index (χ0v) is 16.4. The van der Waals surface area contributed by atoms with E-state index in [1.165, 1.54) is 0 Å². The van der Waals surface area contributed by atoms with E-state index >= 15 is 0 Å². The first kappa shape index (κ1) is 20.2. The van der Waals surface area contributed by atoms with Crippen LogP contribution in [-0.2, 0) is 9.53 Å². The molecule has 2 rings (SSSR count). The molecule has 1 aromatic heterocycles. The largest absolute Gasteiger partial charge is 0.444 e. The van der Waals surface area contributed by atoms with Crippen molar-refractivity contribution >= 4 is 17.8 Å². The number of nitrogens with one attached hydrogen (secondary N) is 1. The molecule has 0 bridgehead atoms. The van der Waals surface area contributed by atoms with Crippen LogP contribution in [0.5, 0.6) is 0 Å². The topological polar surface area (TPSA) is 87.9 Å². The van der Waals surface area contributed by atoms with Gasteiger partial charge in [0.05, 0.1) is 0 Å². The van der Waals surface area contributed by atoms with Gasteiger partial charge in [0, 0.05) is 45.2 Å². The summed E-state index contributed by atoms with van der Waals surface area (Å²) in [4.78, 5) is 28.1. The van der Waals surface area contributed by atoms with E-state index in [4.69, 9.17) is 9.26 Å². The molecule has 2 amide bonds. The Hall–Kier alpha value is -2.09. The van der Waals surface area contributed by atoms with Crippen LogP contribution in [-0.4, -0.2) is 65.3 Å². The number of rotatable bonds is 5. The van der Waals surface area contributed by atoms with Crippen LogP contribution in [0.3, 0.4) is 0 Å². The molecule has 0 saturated carbocycles. The number of ether oxygens (including phenoxy) is 1. The molecule has 8 nitrogen and oxygen atoms in total. The van der Waals surface area contributed by atoms with Gasteiger partial charge in [-0.3, -0.25) is 4.79 Å². The van der Waals surface area contributed by atoms with Crippen molar-refractivity contribution in [3.8, 4) is 0 Å². The highest BCUT2D eigenvalue weighted by Gasteiger charge is 2.28. The summed E-state index contributed by atoms with van der Waals surface area (Å²) < 4.78 is 10.3. The molecule has 0 unspecified atom stereocenters. The van der Waals surface area contributed by atoms with Gasteiger partial charge in [-0.05, 0) is 40.5 Å². The lowest BCUT2D eigenvalue weighted by molar-refractivity contribution is -0.116. The SMILES string of the molecule is Cc1cc(NC(=O)CCN2CCC(N(C)C(=O)OC(C)(C)C)CC2)no1. The van der Waals surface area contributed by atoms with Crippen LogP contribution in [0.15, 0.2) is 10.6 Å². The van der Waals surface area contributed by atoms with Crippen molar-refractivity contribution in [2.75, 3.05) is 32.0 Å². The molecule has 8 heteroatoms. The van der Waals surface area contributed by atoms with E-state index in [2.05, 4.69) is 15.4 Å². The van der Waals surface area contributed by atoms with Gasteiger partial charge < -0.3 is 24.4 Å². The number of nitrogens with zero attached hydrogens (tertiary/aromatic N) is 3. The predicted octanol–water partition coefficient (Wildman–Crippen LogP) is 2.64. The zero-order chi connectivity index (χ0) is 19.3. The van der Waals surface area contributed by atoms with Gasteiger partial charge in [-0.1, -0.05) is 5.16 Å². The standard InChI is InChI=1S/C18H30N4O4/c1-13-12-15(20-26-13)19-16(23)8-11-22-9-6-14(7-10-22)21(5)17(24)25-18(2,3)4/h12,14H,6-11H2,1-5H3,(H,19,20,23). The van der Waals surface area contributed by atoms with Crippen molar-refractivity contribution in [1.29, 1.82) is 0 Å². The molecule has 1 N–H and O–H groups in total. The van der Waals surface area contributed by atoms with E-state index < -0.39 is 5.60 Å². The molecule has 1 aliphatic heterocycles. The summed E-state index contributed by atoms with van der Waals surface area (Å²) in [7, 11) is 1.79. The van der Waals surface area contributed by atoms with Gasteiger partial charge in [0.1, 0.15) is 11.4 Å². The minimum Gasteiger partial charge on any atom is -0.444 e. The monoisotopic (exact) mass is 366 g/mol. The number of likely N-dealkylation sites (tertiary alicyclic amines) is 1. The smallest absolute Gasteiger partial charge is 0.410 e. The third kappa shape index (κ3) is 6.33. The fourth-order valence-corrected chi connectivity index (χ4v) is 2.90. The molecule has 2 heterocycles. The molecule has 0 atom stereocenters. The fraction of sp³-hybridized carbons (Fsp3) is 0.722. The summed E-state index contributed by atoms with van der Waals surface area (Å²) in [6, 6.07) is 1.86. The van der Waals surface area contributed by atoms with Crippen molar-refractivity contribution < 1.29 is 18.8 Å². The summed E-state index contributed by atoms with van der Waals surface area (Å²) in [5, 5.41) is 6.48. The van der Waals surface area contributed by atoms with Crippen molar-refractivity contribution in [2.45, 2.75) is 58.6 Å². The summed E-state index contributed by atoms with van der Waals surface area (Å²) >= 11 is 0.